The highest BCUT2D eigenvalue weighted by atomic mass is 19.1. The Morgan fingerprint density at radius 2 is 1.94 bits per heavy atom. The molecule has 1 atom stereocenters. The molecule has 2 heterocycles. The number of aliphatic hydroxyl groups is 1. The monoisotopic (exact) mass is 446 g/mol. The zero-order chi connectivity index (χ0) is 22.9. The summed E-state index contributed by atoms with van der Waals surface area (Å²) < 4.78 is 14.7. The quantitative estimate of drug-likeness (QED) is 0.424. The average molecular weight is 446 g/mol. The van der Waals surface area contributed by atoms with Crippen molar-refractivity contribution in [2.75, 3.05) is 6.61 Å². The predicted molar refractivity (Wildman–Crippen MR) is 122 cm³/mol. The summed E-state index contributed by atoms with van der Waals surface area (Å²) >= 11 is 0. The molecule has 1 aliphatic rings. The summed E-state index contributed by atoms with van der Waals surface area (Å²) in [5.74, 6) is -0.869. The standard InChI is InChI=1S/C25H23FN4O3/c26-19-8-6-16(7-9-19)20(10-11-31)27-24(32)21-13-23-25(33)28-22(14-30(23)29-21)18-5-4-15-2-1-3-17(15)12-18/h4-9,12-14,20,31H,1-3,10-11H2,(H,27,32)(H,28,33)/t20-/m1/s1. The van der Waals surface area contributed by atoms with E-state index in [4.69, 9.17) is 0 Å². The van der Waals surface area contributed by atoms with E-state index in [-0.39, 0.29) is 35.6 Å². The number of hydrogen-bond acceptors (Lipinski definition) is 4. The average Bonchev–Trinajstić information content (AvgIpc) is 3.46. The van der Waals surface area contributed by atoms with Gasteiger partial charge in [0.1, 0.15) is 11.3 Å². The van der Waals surface area contributed by atoms with Crippen LogP contribution in [0.25, 0.3) is 16.8 Å². The van der Waals surface area contributed by atoms with Crippen LogP contribution in [0, 0.1) is 5.82 Å². The number of halogens is 1. The minimum absolute atomic E-state index is 0.0802. The van der Waals surface area contributed by atoms with Gasteiger partial charge in [0.15, 0.2) is 5.69 Å². The lowest BCUT2D eigenvalue weighted by Gasteiger charge is -2.17. The Bertz CT molecular complexity index is 1390. The van der Waals surface area contributed by atoms with E-state index < -0.39 is 11.9 Å². The minimum atomic E-state index is -0.520. The second-order valence-electron chi connectivity index (χ2n) is 8.28. The Balaban J connectivity index is 1.44. The highest BCUT2D eigenvalue weighted by Crippen LogP contribution is 2.27. The van der Waals surface area contributed by atoms with Gasteiger partial charge in [0, 0.05) is 12.7 Å². The summed E-state index contributed by atoms with van der Waals surface area (Å²) in [7, 11) is 0. The van der Waals surface area contributed by atoms with Gasteiger partial charge < -0.3 is 15.4 Å². The molecule has 0 aliphatic heterocycles. The summed E-state index contributed by atoms with van der Waals surface area (Å²) in [5.41, 5.74) is 4.83. The van der Waals surface area contributed by atoms with E-state index in [1.54, 1.807) is 18.3 Å². The summed E-state index contributed by atoms with van der Waals surface area (Å²) in [4.78, 5) is 28.5. The Kier molecular flexibility index (Phi) is 5.51. The molecule has 0 unspecified atom stereocenters. The molecule has 33 heavy (non-hydrogen) atoms. The van der Waals surface area contributed by atoms with Gasteiger partial charge in [0.2, 0.25) is 0 Å². The van der Waals surface area contributed by atoms with Crippen LogP contribution in [0.3, 0.4) is 0 Å². The van der Waals surface area contributed by atoms with Crippen molar-refractivity contribution >= 4 is 11.4 Å². The van der Waals surface area contributed by atoms with Gasteiger partial charge >= 0.3 is 0 Å². The third-order valence-corrected chi connectivity index (χ3v) is 6.11. The molecule has 0 radical (unpaired) electrons. The van der Waals surface area contributed by atoms with Gasteiger partial charge in [-0.2, -0.15) is 5.10 Å². The van der Waals surface area contributed by atoms with Crippen molar-refractivity contribution in [3.63, 3.8) is 0 Å². The van der Waals surface area contributed by atoms with E-state index in [9.17, 15) is 19.1 Å². The number of aryl methyl sites for hydroxylation is 2. The van der Waals surface area contributed by atoms with Gasteiger partial charge in [-0.05, 0) is 66.1 Å². The van der Waals surface area contributed by atoms with Crippen molar-refractivity contribution in [1.29, 1.82) is 0 Å². The molecule has 168 valence electrons. The Hall–Kier alpha value is -3.78. The normalized spacial score (nSPS) is 13.8. The number of aromatic amines is 1. The van der Waals surface area contributed by atoms with E-state index in [0.717, 1.165) is 24.8 Å². The first-order chi connectivity index (χ1) is 16.0. The third-order valence-electron chi connectivity index (χ3n) is 6.11. The van der Waals surface area contributed by atoms with Crippen LogP contribution >= 0.6 is 0 Å². The van der Waals surface area contributed by atoms with Crippen LogP contribution in [0.2, 0.25) is 0 Å². The number of H-pyrrole nitrogens is 1. The molecule has 0 saturated carbocycles. The molecule has 0 fully saturated rings. The molecule has 1 amide bonds. The number of fused-ring (bicyclic) bond motifs is 2. The number of carbonyl (C=O) groups excluding carboxylic acids is 1. The van der Waals surface area contributed by atoms with E-state index in [0.29, 0.717) is 11.3 Å². The summed E-state index contributed by atoms with van der Waals surface area (Å²) in [6.07, 6.45) is 5.22. The Morgan fingerprint density at radius 3 is 2.73 bits per heavy atom. The lowest BCUT2D eigenvalue weighted by atomic mass is 10.0. The molecule has 7 nitrogen and oxygen atoms in total. The second-order valence-corrected chi connectivity index (χ2v) is 8.28. The zero-order valence-corrected chi connectivity index (χ0v) is 17.8. The fraction of sp³-hybridized carbons (Fsp3) is 0.240. The van der Waals surface area contributed by atoms with Gasteiger partial charge in [-0.3, -0.25) is 9.59 Å². The molecule has 4 aromatic rings. The highest BCUT2D eigenvalue weighted by Gasteiger charge is 2.19. The van der Waals surface area contributed by atoms with E-state index in [1.165, 1.54) is 33.8 Å². The van der Waals surface area contributed by atoms with Crippen LogP contribution in [0.4, 0.5) is 4.39 Å². The molecule has 3 N–H and O–H groups in total. The topological polar surface area (TPSA) is 99.5 Å². The number of aliphatic hydroxyl groups excluding tert-OH is 1. The first kappa shape index (κ1) is 21.1. The maximum atomic E-state index is 13.3. The van der Waals surface area contributed by atoms with Crippen molar-refractivity contribution in [2.45, 2.75) is 31.7 Å². The molecule has 2 aromatic heterocycles. The van der Waals surface area contributed by atoms with Gasteiger partial charge in [-0.25, -0.2) is 8.91 Å². The van der Waals surface area contributed by atoms with E-state index in [2.05, 4.69) is 27.5 Å². The number of carbonyl (C=O) groups is 1. The molecule has 1 aliphatic carbocycles. The fourth-order valence-electron chi connectivity index (χ4n) is 4.38. The minimum Gasteiger partial charge on any atom is -0.396 e. The maximum Gasteiger partial charge on any atom is 0.274 e. The number of hydrogen-bond donors (Lipinski definition) is 3. The maximum absolute atomic E-state index is 13.3. The van der Waals surface area contributed by atoms with Gasteiger partial charge in [0.05, 0.1) is 17.9 Å². The summed E-state index contributed by atoms with van der Waals surface area (Å²) in [6.45, 7) is -0.155. The lowest BCUT2D eigenvalue weighted by molar-refractivity contribution is 0.0924. The number of rotatable bonds is 6. The van der Waals surface area contributed by atoms with Gasteiger partial charge in [-0.1, -0.05) is 24.3 Å². The molecule has 0 bridgehead atoms. The lowest BCUT2D eigenvalue weighted by Crippen LogP contribution is -2.29. The largest absolute Gasteiger partial charge is 0.396 e. The summed E-state index contributed by atoms with van der Waals surface area (Å²) in [6, 6.07) is 12.8. The van der Waals surface area contributed by atoms with Gasteiger partial charge in [0.25, 0.3) is 11.5 Å². The van der Waals surface area contributed by atoms with Crippen LogP contribution in [0.1, 0.15) is 46.1 Å². The third kappa shape index (κ3) is 4.17. The van der Waals surface area contributed by atoms with Crippen LogP contribution in [0.15, 0.2) is 59.5 Å². The Labute approximate surface area is 188 Å². The van der Waals surface area contributed by atoms with Crippen molar-refractivity contribution in [3.8, 4) is 11.3 Å². The number of nitrogens with one attached hydrogen (secondary N) is 2. The first-order valence-corrected chi connectivity index (χ1v) is 10.9. The Morgan fingerprint density at radius 1 is 1.15 bits per heavy atom. The fourth-order valence-corrected chi connectivity index (χ4v) is 4.38. The molecular formula is C25H23FN4O3. The molecule has 2 aromatic carbocycles. The molecule has 8 heteroatoms. The van der Waals surface area contributed by atoms with Gasteiger partial charge in [-0.15, -0.1) is 0 Å². The van der Waals surface area contributed by atoms with Crippen LogP contribution < -0.4 is 10.9 Å². The zero-order valence-electron chi connectivity index (χ0n) is 17.8. The number of benzene rings is 2. The number of nitrogens with zero attached hydrogens (tertiary/aromatic N) is 2. The first-order valence-electron chi connectivity index (χ1n) is 10.9. The van der Waals surface area contributed by atoms with Crippen molar-refractivity contribution in [2.24, 2.45) is 0 Å². The summed E-state index contributed by atoms with van der Waals surface area (Å²) in [5, 5.41) is 16.5. The van der Waals surface area contributed by atoms with E-state index >= 15 is 0 Å². The predicted octanol–water partition coefficient (Wildman–Crippen LogP) is 3.17. The van der Waals surface area contributed by atoms with Crippen molar-refractivity contribution in [3.05, 3.63) is 93.3 Å². The van der Waals surface area contributed by atoms with Crippen LogP contribution in [-0.2, 0) is 12.8 Å². The SMILES string of the molecule is O=C(N[C@H](CCO)c1ccc(F)cc1)c1cc2c(=O)[nH]c(-c3ccc4c(c3)CCC4)cn2n1. The molecular weight excluding hydrogens is 423 g/mol. The van der Waals surface area contributed by atoms with Crippen LogP contribution in [-0.4, -0.2) is 32.2 Å². The van der Waals surface area contributed by atoms with Crippen LogP contribution in [0.5, 0.6) is 0 Å². The highest BCUT2D eigenvalue weighted by molar-refractivity contribution is 5.93. The molecule has 0 saturated heterocycles. The molecule has 5 rings (SSSR count). The number of amides is 1. The second kappa shape index (κ2) is 8.63. The smallest absolute Gasteiger partial charge is 0.274 e. The van der Waals surface area contributed by atoms with E-state index in [1.807, 2.05) is 6.07 Å². The van der Waals surface area contributed by atoms with Crippen molar-refractivity contribution in [1.82, 2.24) is 19.9 Å². The van der Waals surface area contributed by atoms with Crippen molar-refractivity contribution < 1.29 is 14.3 Å². The molecule has 0 spiro atoms. The number of aromatic nitrogens is 3.